The number of carbonyl (C=O) groups excluding carboxylic acids is 2. The molecule has 3 nitrogen and oxygen atoms in total. The molecule has 0 aliphatic heterocycles. The van der Waals surface area contributed by atoms with Gasteiger partial charge in [-0.3, -0.25) is 4.79 Å². The minimum Gasteiger partial charge on any atom is -0.445 e. The number of benzene rings is 3. The van der Waals surface area contributed by atoms with Crippen LogP contribution >= 0.6 is 15.9 Å². The summed E-state index contributed by atoms with van der Waals surface area (Å²) in [4.78, 5) is 25.7. The van der Waals surface area contributed by atoms with Gasteiger partial charge >= 0.3 is 5.97 Å². The molecule has 1 atom stereocenters. The molecule has 0 bridgehead atoms. The average Bonchev–Trinajstić information content (AvgIpc) is 2.67. The monoisotopic (exact) mass is 422 g/mol. The van der Waals surface area contributed by atoms with Crippen LogP contribution in [0.4, 0.5) is 0 Å². The highest BCUT2D eigenvalue weighted by Crippen LogP contribution is 2.25. The standard InChI is InChI=1S/C23H19BrO3/c1-15-3-7-17(8-4-15)21(25)22(18-9-5-16(2)6-10-18)27-23(26)19-11-13-20(24)14-12-19/h3-14,22H,1-2H3/t22-/m0/s1. The van der Waals surface area contributed by atoms with Gasteiger partial charge in [-0.2, -0.15) is 0 Å². The highest BCUT2D eigenvalue weighted by molar-refractivity contribution is 9.10. The number of hydrogen-bond acceptors (Lipinski definition) is 3. The van der Waals surface area contributed by atoms with E-state index in [0.717, 1.165) is 15.6 Å². The summed E-state index contributed by atoms with van der Waals surface area (Å²) < 4.78 is 6.51. The third-order valence-electron chi connectivity index (χ3n) is 4.26. The predicted octanol–water partition coefficient (Wildman–Crippen LogP) is 5.85. The molecule has 0 heterocycles. The first-order chi connectivity index (χ1) is 12.9. The van der Waals surface area contributed by atoms with Crippen molar-refractivity contribution < 1.29 is 14.3 Å². The zero-order valence-corrected chi connectivity index (χ0v) is 16.7. The van der Waals surface area contributed by atoms with Crippen molar-refractivity contribution in [1.29, 1.82) is 0 Å². The van der Waals surface area contributed by atoms with Crippen LogP contribution in [0.5, 0.6) is 0 Å². The van der Waals surface area contributed by atoms with E-state index in [1.54, 1.807) is 36.4 Å². The van der Waals surface area contributed by atoms with Crippen molar-refractivity contribution in [3.8, 4) is 0 Å². The maximum atomic E-state index is 13.1. The summed E-state index contributed by atoms with van der Waals surface area (Å²) in [5.41, 5.74) is 3.68. The molecule has 0 aliphatic rings. The SMILES string of the molecule is Cc1ccc(C(=O)[C@@H](OC(=O)c2ccc(Br)cc2)c2ccc(C)cc2)cc1. The van der Waals surface area contributed by atoms with Crippen molar-refractivity contribution in [1.82, 2.24) is 0 Å². The minimum absolute atomic E-state index is 0.246. The van der Waals surface area contributed by atoms with E-state index in [1.807, 2.05) is 50.2 Å². The Kier molecular flexibility index (Phi) is 5.87. The lowest BCUT2D eigenvalue weighted by Gasteiger charge is -2.18. The lowest BCUT2D eigenvalue weighted by molar-refractivity contribution is 0.0280. The molecule has 4 heteroatoms. The van der Waals surface area contributed by atoms with Crippen molar-refractivity contribution in [3.05, 3.63) is 105 Å². The van der Waals surface area contributed by atoms with Gasteiger partial charge in [0.05, 0.1) is 5.56 Å². The van der Waals surface area contributed by atoms with Gasteiger partial charge in [0.15, 0.2) is 6.10 Å². The molecule has 0 aliphatic carbocycles. The summed E-state index contributed by atoms with van der Waals surface area (Å²) >= 11 is 3.34. The third-order valence-corrected chi connectivity index (χ3v) is 4.79. The zero-order chi connectivity index (χ0) is 19.4. The number of ketones is 1. The molecule has 3 aromatic rings. The zero-order valence-electron chi connectivity index (χ0n) is 15.1. The predicted molar refractivity (Wildman–Crippen MR) is 109 cm³/mol. The minimum atomic E-state index is -0.996. The molecule has 0 unspecified atom stereocenters. The Balaban J connectivity index is 1.93. The van der Waals surface area contributed by atoms with Crippen LogP contribution in [-0.2, 0) is 4.74 Å². The smallest absolute Gasteiger partial charge is 0.339 e. The number of Topliss-reactive ketones (excluding diaryl/α,β-unsaturated/α-hetero) is 1. The van der Waals surface area contributed by atoms with Crippen molar-refractivity contribution >= 4 is 27.7 Å². The molecular formula is C23H19BrO3. The maximum absolute atomic E-state index is 13.1. The van der Waals surface area contributed by atoms with Gasteiger partial charge in [0.2, 0.25) is 5.78 Å². The molecule has 0 N–H and O–H groups in total. The molecule has 0 aromatic heterocycles. The Bertz CT molecular complexity index is 942. The number of ether oxygens (including phenoxy) is 1. The molecule has 0 fully saturated rings. The van der Waals surface area contributed by atoms with E-state index >= 15 is 0 Å². The molecule has 3 aromatic carbocycles. The number of carbonyl (C=O) groups is 2. The summed E-state index contributed by atoms with van der Waals surface area (Å²) in [5.74, 6) is -0.780. The highest BCUT2D eigenvalue weighted by atomic mass is 79.9. The Hall–Kier alpha value is -2.72. The second-order valence-corrected chi connectivity index (χ2v) is 7.35. The van der Waals surface area contributed by atoms with E-state index in [9.17, 15) is 9.59 Å². The van der Waals surface area contributed by atoms with Crippen molar-refractivity contribution in [3.63, 3.8) is 0 Å². The summed E-state index contributed by atoms with van der Waals surface area (Å²) in [5, 5.41) is 0. The molecule has 0 saturated carbocycles. The fraction of sp³-hybridized carbons (Fsp3) is 0.130. The Morgan fingerprint density at radius 3 is 1.78 bits per heavy atom. The molecule has 0 spiro atoms. The summed E-state index contributed by atoms with van der Waals surface area (Å²) in [6.07, 6.45) is -0.996. The Morgan fingerprint density at radius 1 is 0.741 bits per heavy atom. The van der Waals surface area contributed by atoms with Crippen molar-refractivity contribution in [2.24, 2.45) is 0 Å². The molecule has 0 amide bonds. The largest absolute Gasteiger partial charge is 0.445 e. The number of aryl methyl sites for hydroxylation is 2. The van der Waals surface area contributed by atoms with Gasteiger partial charge in [-0.15, -0.1) is 0 Å². The quantitative estimate of drug-likeness (QED) is 0.382. The normalized spacial score (nSPS) is 11.7. The summed E-state index contributed by atoms with van der Waals surface area (Å²) in [6.45, 7) is 3.92. The second-order valence-electron chi connectivity index (χ2n) is 6.43. The number of hydrogen-bond donors (Lipinski definition) is 0. The van der Waals surface area contributed by atoms with Crippen LogP contribution in [0.15, 0.2) is 77.3 Å². The Labute approximate surface area is 167 Å². The topological polar surface area (TPSA) is 43.4 Å². The first-order valence-corrected chi connectivity index (χ1v) is 9.37. The lowest BCUT2D eigenvalue weighted by Crippen LogP contribution is -2.20. The van der Waals surface area contributed by atoms with E-state index < -0.39 is 12.1 Å². The molecule has 0 saturated heterocycles. The second kappa shape index (κ2) is 8.31. The maximum Gasteiger partial charge on any atom is 0.339 e. The molecular weight excluding hydrogens is 404 g/mol. The molecule has 0 radical (unpaired) electrons. The number of halogens is 1. The van der Waals surface area contributed by atoms with Crippen LogP contribution in [0.1, 0.15) is 43.5 Å². The van der Waals surface area contributed by atoms with Crippen LogP contribution in [0.3, 0.4) is 0 Å². The van der Waals surface area contributed by atoms with Gasteiger partial charge in [0.1, 0.15) is 0 Å². The van der Waals surface area contributed by atoms with Gasteiger partial charge in [-0.05, 0) is 38.1 Å². The van der Waals surface area contributed by atoms with Crippen molar-refractivity contribution in [2.45, 2.75) is 20.0 Å². The summed E-state index contributed by atoms with van der Waals surface area (Å²) in [6, 6.07) is 21.5. The van der Waals surface area contributed by atoms with Crippen LogP contribution < -0.4 is 0 Å². The van der Waals surface area contributed by atoms with E-state index in [4.69, 9.17) is 4.74 Å². The fourth-order valence-electron chi connectivity index (χ4n) is 2.64. The van der Waals surface area contributed by atoms with Gasteiger partial charge in [-0.25, -0.2) is 4.79 Å². The number of esters is 1. The average molecular weight is 423 g/mol. The third kappa shape index (κ3) is 4.72. The van der Waals surface area contributed by atoms with Crippen LogP contribution in [0.2, 0.25) is 0 Å². The van der Waals surface area contributed by atoms with Gasteiger partial charge in [0, 0.05) is 15.6 Å². The van der Waals surface area contributed by atoms with Crippen LogP contribution in [0.25, 0.3) is 0 Å². The van der Waals surface area contributed by atoms with Gasteiger partial charge in [-0.1, -0.05) is 75.6 Å². The van der Waals surface area contributed by atoms with Crippen molar-refractivity contribution in [2.75, 3.05) is 0 Å². The van der Waals surface area contributed by atoms with Gasteiger partial charge in [0.25, 0.3) is 0 Å². The highest BCUT2D eigenvalue weighted by Gasteiger charge is 2.26. The lowest BCUT2D eigenvalue weighted by atomic mass is 9.98. The first-order valence-electron chi connectivity index (χ1n) is 8.58. The molecule has 27 heavy (non-hydrogen) atoms. The molecule has 136 valence electrons. The van der Waals surface area contributed by atoms with Crippen LogP contribution in [0, 0.1) is 13.8 Å². The Morgan fingerprint density at radius 2 is 1.22 bits per heavy atom. The van der Waals surface area contributed by atoms with E-state index in [2.05, 4.69) is 15.9 Å². The summed E-state index contributed by atoms with van der Waals surface area (Å²) in [7, 11) is 0. The van der Waals surface area contributed by atoms with Gasteiger partial charge < -0.3 is 4.74 Å². The first kappa shape index (κ1) is 19.1. The molecule has 3 rings (SSSR count). The fourth-order valence-corrected chi connectivity index (χ4v) is 2.91. The number of rotatable bonds is 5. The van der Waals surface area contributed by atoms with E-state index in [1.165, 1.54) is 0 Å². The van der Waals surface area contributed by atoms with E-state index in [-0.39, 0.29) is 5.78 Å². The van der Waals surface area contributed by atoms with E-state index in [0.29, 0.717) is 16.7 Å². The van der Waals surface area contributed by atoms with Crippen LogP contribution in [-0.4, -0.2) is 11.8 Å².